The third-order valence-corrected chi connectivity index (χ3v) is 7.24. The number of amides is 1. The zero-order valence-electron chi connectivity index (χ0n) is 24.7. The van der Waals surface area contributed by atoms with Crippen LogP contribution in [-0.2, 0) is 6.61 Å². The summed E-state index contributed by atoms with van der Waals surface area (Å²) in [5.74, 6) is 1.00. The third-order valence-electron chi connectivity index (χ3n) is 7.24. The minimum atomic E-state index is -0.601. The van der Waals surface area contributed by atoms with Crippen LogP contribution >= 0.6 is 0 Å². The minimum absolute atomic E-state index is 0.205. The fourth-order valence-corrected chi connectivity index (χ4v) is 5.33. The zero-order chi connectivity index (χ0) is 30.0. The van der Waals surface area contributed by atoms with E-state index in [2.05, 4.69) is 43.5 Å². The molecule has 2 N–H and O–H groups in total. The summed E-state index contributed by atoms with van der Waals surface area (Å²) >= 11 is 0. The quantitative estimate of drug-likeness (QED) is 0.234. The van der Waals surface area contributed by atoms with Gasteiger partial charge in [-0.25, -0.2) is 9.18 Å². The van der Waals surface area contributed by atoms with Gasteiger partial charge in [0.2, 0.25) is 0 Å². The van der Waals surface area contributed by atoms with Gasteiger partial charge in [0, 0.05) is 40.2 Å². The predicted octanol–water partition coefficient (Wildman–Crippen LogP) is 8.92. The Hall–Kier alpha value is -4.78. The standard InChI is InChI=1S/C35H35FN2O4/c1-21-7-11-25(12-8-21)37-34(39)42-26-13-14-28(32(18-26)40-6)27-15-16-30-33(23(3)19-35(4,5)38-30)29(27)20-41-31-17-24(36)10-9-22(31)2/h7-19,38H,20H2,1-6H3,(H,37,39). The van der Waals surface area contributed by atoms with Crippen LogP contribution in [0.3, 0.4) is 0 Å². The van der Waals surface area contributed by atoms with Gasteiger partial charge in [-0.2, -0.15) is 0 Å². The van der Waals surface area contributed by atoms with Crippen LogP contribution in [0.5, 0.6) is 17.2 Å². The Morgan fingerprint density at radius 2 is 1.64 bits per heavy atom. The number of halogens is 1. The van der Waals surface area contributed by atoms with Crippen molar-refractivity contribution in [2.24, 2.45) is 0 Å². The van der Waals surface area contributed by atoms with Crippen LogP contribution < -0.4 is 24.8 Å². The van der Waals surface area contributed by atoms with Gasteiger partial charge in [0.1, 0.15) is 29.7 Å². The summed E-state index contributed by atoms with van der Waals surface area (Å²) in [4.78, 5) is 12.6. The Kier molecular flexibility index (Phi) is 7.94. The summed E-state index contributed by atoms with van der Waals surface area (Å²) in [6.45, 7) is 10.4. The van der Waals surface area contributed by atoms with Gasteiger partial charge in [0.05, 0.1) is 12.6 Å². The fraction of sp³-hybridized carbons (Fsp3) is 0.229. The van der Waals surface area contributed by atoms with Crippen molar-refractivity contribution in [3.05, 3.63) is 107 Å². The van der Waals surface area contributed by atoms with E-state index in [1.807, 2.05) is 50.2 Å². The first kappa shape index (κ1) is 28.7. The second kappa shape index (κ2) is 11.6. The topological polar surface area (TPSA) is 68.8 Å². The molecule has 1 heterocycles. The molecular weight excluding hydrogens is 531 g/mol. The number of nitrogens with one attached hydrogen (secondary N) is 2. The van der Waals surface area contributed by atoms with Crippen LogP contribution in [0.25, 0.3) is 16.7 Å². The van der Waals surface area contributed by atoms with Gasteiger partial charge in [-0.3, -0.25) is 5.32 Å². The molecule has 0 unspecified atom stereocenters. The average Bonchev–Trinajstić information content (AvgIpc) is 2.94. The normalized spacial score (nSPS) is 13.4. The van der Waals surface area contributed by atoms with Crippen LogP contribution in [0.2, 0.25) is 0 Å². The number of rotatable bonds is 7. The first-order valence-corrected chi connectivity index (χ1v) is 13.8. The minimum Gasteiger partial charge on any atom is -0.496 e. The molecule has 4 aromatic rings. The monoisotopic (exact) mass is 566 g/mol. The number of anilines is 2. The summed E-state index contributed by atoms with van der Waals surface area (Å²) in [6, 6.07) is 21.4. The molecule has 1 aliphatic heterocycles. The largest absolute Gasteiger partial charge is 0.496 e. The predicted molar refractivity (Wildman–Crippen MR) is 166 cm³/mol. The van der Waals surface area contributed by atoms with Crippen molar-refractivity contribution in [1.29, 1.82) is 0 Å². The van der Waals surface area contributed by atoms with E-state index in [-0.39, 0.29) is 18.0 Å². The van der Waals surface area contributed by atoms with E-state index in [4.69, 9.17) is 14.2 Å². The molecule has 5 rings (SSSR count). The van der Waals surface area contributed by atoms with E-state index < -0.39 is 6.09 Å². The highest BCUT2D eigenvalue weighted by Gasteiger charge is 2.27. The molecule has 0 bridgehead atoms. The van der Waals surface area contributed by atoms with Gasteiger partial charge < -0.3 is 19.5 Å². The summed E-state index contributed by atoms with van der Waals surface area (Å²) < 4.78 is 31.6. The molecule has 0 saturated carbocycles. The lowest BCUT2D eigenvalue weighted by Crippen LogP contribution is -2.32. The van der Waals surface area contributed by atoms with Crippen molar-refractivity contribution in [3.8, 4) is 28.4 Å². The SMILES string of the molecule is COc1cc(OC(=O)Nc2ccc(C)cc2)ccc1-c1ccc2c(c1COc1cc(F)ccc1C)C(C)=CC(C)(C)N2. The maximum atomic E-state index is 14.0. The number of carbonyl (C=O) groups excluding carboxylic acids is 1. The van der Waals surface area contributed by atoms with Crippen molar-refractivity contribution < 1.29 is 23.4 Å². The molecular formula is C35H35FN2O4. The number of hydrogen-bond donors (Lipinski definition) is 2. The van der Waals surface area contributed by atoms with E-state index in [0.717, 1.165) is 44.6 Å². The van der Waals surface area contributed by atoms with Crippen molar-refractivity contribution in [1.82, 2.24) is 0 Å². The summed E-state index contributed by atoms with van der Waals surface area (Å²) in [5, 5.41) is 6.34. The van der Waals surface area contributed by atoms with Gasteiger partial charge in [-0.15, -0.1) is 0 Å². The molecule has 1 aliphatic rings. The highest BCUT2D eigenvalue weighted by Crippen LogP contribution is 2.43. The molecule has 4 aromatic carbocycles. The smallest absolute Gasteiger partial charge is 0.417 e. The third kappa shape index (κ3) is 6.25. The summed E-state index contributed by atoms with van der Waals surface area (Å²) in [7, 11) is 1.58. The highest BCUT2D eigenvalue weighted by molar-refractivity contribution is 5.89. The molecule has 7 heteroatoms. The molecule has 1 amide bonds. The fourth-order valence-electron chi connectivity index (χ4n) is 5.33. The lowest BCUT2D eigenvalue weighted by Gasteiger charge is -2.33. The number of allylic oxidation sites excluding steroid dienone is 1. The number of ether oxygens (including phenoxy) is 3. The van der Waals surface area contributed by atoms with Gasteiger partial charge in [-0.05, 0) is 87.7 Å². The zero-order valence-corrected chi connectivity index (χ0v) is 24.7. The lowest BCUT2D eigenvalue weighted by atomic mass is 9.85. The first-order chi connectivity index (χ1) is 20.0. The van der Waals surface area contributed by atoms with Gasteiger partial charge in [0.15, 0.2) is 0 Å². The molecule has 6 nitrogen and oxygen atoms in total. The van der Waals surface area contributed by atoms with Crippen LogP contribution in [0.15, 0.2) is 78.9 Å². The molecule has 0 spiro atoms. The number of aryl methyl sites for hydroxylation is 2. The summed E-state index contributed by atoms with van der Waals surface area (Å²) in [5.41, 5.74) is 8.12. The number of hydrogen-bond acceptors (Lipinski definition) is 5. The Bertz CT molecular complexity index is 1680. The van der Waals surface area contributed by atoms with Gasteiger partial charge >= 0.3 is 6.09 Å². The molecule has 0 atom stereocenters. The van der Waals surface area contributed by atoms with Gasteiger partial charge in [0.25, 0.3) is 0 Å². The number of carbonyl (C=O) groups is 1. The van der Waals surface area contributed by atoms with Crippen LogP contribution in [0.4, 0.5) is 20.6 Å². The van der Waals surface area contributed by atoms with Crippen molar-refractivity contribution in [3.63, 3.8) is 0 Å². The van der Waals surface area contributed by atoms with E-state index in [9.17, 15) is 9.18 Å². The Morgan fingerprint density at radius 1 is 0.905 bits per heavy atom. The number of fused-ring (bicyclic) bond motifs is 1. The second-order valence-electron chi connectivity index (χ2n) is 11.1. The Labute approximate surface area is 246 Å². The van der Waals surface area contributed by atoms with Crippen molar-refractivity contribution in [2.45, 2.75) is 46.8 Å². The number of benzene rings is 4. The van der Waals surface area contributed by atoms with E-state index in [0.29, 0.717) is 22.9 Å². The van der Waals surface area contributed by atoms with Crippen molar-refractivity contribution in [2.75, 3.05) is 17.7 Å². The van der Waals surface area contributed by atoms with Crippen LogP contribution in [0, 0.1) is 19.7 Å². The maximum absolute atomic E-state index is 14.0. The maximum Gasteiger partial charge on any atom is 0.417 e. The first-order valence-electron chi connectivity index (χ1n) is 13.8. The molecule has 216 valence electrons. The van der Waals surface area contributed by atoms with Crippen LogP contribution in [-0.4, -0.2) is 18.7 Å². The average molecular weight is 567 g/mol. The number of methoxy groups -OCH3 is 1. The lowest BCUT2D eigenvalue weighted by molar-refractivity contribution is 0.215. The van der Waals surface area contributed by atoms with Crippen molar-refractivity contribution >= 4 is 23.0 Å². The van der Waals surface area contributed by atoms with E-state index in [1.165, 1.54) is 12.1 Å². The molecule has 0 fully saturated rings. The Balaban J connectivity index is 1.50. The highest BCUT2D eigenvalue weighted by atomic mass is 19.1. The molecule has 0 aromatic heterocycles. The Morgan fingerprint density at radius 3 is 2.38 bits per heavy atom. The second-order valence-corrected chi connectivity index (χ2v) is 11.1. The molecule has 0 saturated heterocycles. The van der Waals surface area contributed by atoms with E-state index >= 15 is 0 Å². The van der Waals surface area contributed by atoms with Crippen LogP contribution in [0.1, 0.15) is 43.0 Å². The molecule has 0 radical (unpaired) electrons. The summed E-state index contributed by atoms with van der Waals surface area (Å²) in [6.07, 6.45) is 1.59. The van der Waals surface area contributed by atoms with Gasteiger partial charge in [-0.1, -0.05) is 35.9 Å². The molecule has 0 aliphatic carbocycles. The molecule has 42 heavy (non-hydrogen) atoms. The van der Waals surface area contributed by atoms with E-state index in [1.54, 1.807) is 25.3 Å².